The van der Waals surface area contributed by atoms with Gasteiger partial charge in [0.15, 0.2) is 11.5 Å². The van der Waals surface area contributed by atoms with Crippen molar-refractivity contribution in [3.8, 4) is 11.5 Å². The molecular formula is C19H23N5O3. The van der Waals surface area contributed by atoms with Crippen LogP contribution in [0.4, 0.5) is 0 Å². The summed E-state index contributed by atoms with van der Waals surface area (Å²) in [5, 5.41) is 12.1. The van der Waals surface area contributed by atoms with E-state index < -0.39 is 0 Å². The van der Waals surface area contributed by atoms with Crippen molar-refractivity contribution in [3.63, 3.8) is 0 Å². The van der Waals surface area contributed by atoms with Crippen molar-refractivity contribution in [2.75, 3.05) is 26.4 Å². The van der Waals surface area contributed by atoms with Gasteiger partial charge in [0.2, 0.25) is 12.7 Å². The van der Waals surface area contributed by atoms with Gasteiger partial charge in [0.05, 0.1) is 13.0 Å². The minimum Gasteiger partial charge on any atom is -0.454 e. The molecule has 1 N–H and O–H groups in total. The Hall–Kier alpha value is -2.61. The van der Waals surface area contributed by atoms with Crippen LogP contribution in [0.15, 0.2) is 18.2 Å². The lowest BCUT2D eigenvalue weighted by atomic mass is 9.95. The van der Waals surface area contributed by atoms with Crippen LogP contribution >= 0.6 is 0 Å². The highest BCUT2D eigenvalue weighted by Gasteiger charge is 2.29. The van der Waals surface area contributed by atoms with Gasteiger partial charge in [0.1, 0.15) is 11.6 Å². The van der Waals surface area contributed by atoms with E-state index in [4.69, 9.17) is 9.47 Å². The molecule has 8 nitrogen and oxygen atoms in total. The first-order valence-electron chi connectivity index (χ1n) is 9.57. The van der Waals surface area contributed by atoms with Crippen LogP contribution in [0.2, 0.25) is 0 Å². The zero-order valence-corrected chi connectivity index (χ0v) is 15.2. The topological polar surface area (TPSA) is 81.5 Å². The summed E-state index contributed by atoms with van der Waals surface area (Å²) < 4.78 is 13.0. The predicted octanol–water partition coefficient (Wildman–Crippen LogP) is 1.06. The van der Waals surface area contributed by atoms with Crippen LogP contribution in [0.25, 0.3) is 0 Å². The molecule has 4 heterocycles. The largest absolute Gasteiger partial charge is 0.454 e. The third-order valence-corrected chi connectivity index (χ3v) is 5.66. The van der Waals surface area contributed by atoms with Gasteiger partial charge in [-0.05, 0) is 30.5 Å². The van der Waals surface area contributed by atoms with Gasteiger partial charge < -0.3 is 24.3 Å². The summed E-state index contributed by atoms with van der Waals surface area (Å²) in [6.07, 6.45) is 2.28. The lowest BCUT2D eigenvalue weighted by Crippen LogP contribution is -2.39. The van der Waals surface area contributed by atoms with Crippen LogP contribution in [0.3, 0.4) is 0 Å². The number of likely N-dealkylation sites (tertiary alicyclic amines) is 1. The van der Waals surface area contributed by atoms with E-state index in [9.17, 15) is 4.79 Å². The SMILES string of the molecule is O=C(Cc1ccc2c(c1)OCO2)N1CCC(c2nnc3n2CCNC3)CC1. The first kappa shape index (κ1) is 16.6. The normalized spacial score (nSPS) is 19.2. The molecule has 2 aromatic rings. The lowest BCUT2D eigenvalue weighted by Gasteiger charge is -2.32. The third-order valence-electron chi connectivity index (χ3n) is 5.66. The molecule has 1 fully saturated rings. The molecule has 0 unspecified atom stereocenters. The molecule has 0 bridgehead atoms. The Morgan fingerprint density at radius 2 is 2.00 bits per heavy atom. The van der Waals surface area contributed by atoms with E-state index in [1.54, 1.807) is 0 Å². The number of hydrogen-bond donors (Lipinski definition) is 1. The second kappa shape index (κ2) is 6.84. The summed E-state index contributed by atoms with van der Waals surface area (Å²) in [6, 6.07) is 5.72. The molecule has 0 atom stereocenters. The second-order valence-electron chi connectivity index (χ2n) is 7.32. The highest BCUT2D eigenvalue weighted by atomic mass is 16.7. The zero-order chi connectivity index (χ0) is 18.2. The molecule has 1 aromatic carbocycles. The van der Waals surface area contributed by atoms with Crippen LogP contribution < -0.4 is 14.8 Å². The fraction of sp³-hybridized carbons (Fsp3) is 0.526. The average Bonchev–Trinajstić information content (AvgIpc) is 3.34. The molecule has 3 aliphatic rings. The van der Waals surface area contributed by atoms with E-state index in [1.807, 2.05) is 23.1 Å². The Labute approximate surface area is 157 Å². The predicted molar refractivity (Wildman–Crippen MR) is 96.6 cm³/mol. The maximum atomic E-state index is 12.7. The molecule has 142 valence electrons. The number of rotatable bonds is 3. The number of aromatic nitrogens is 3. The van der Waals surface area contributed by atoms with Crippen molar-refractivity contribution >= 4 is 5.91 Å². The highest BCUT2D eigenvalue weighted by molar-refractivity contribution is 5.79. The van der Waals surface area contributed by atoms with Crippen molar-refractivity contribution in [3.05, 3.63) is 35.4 Å². The minimum absolute atomic E-state index is 0.166. The molecule has 0 saturated carbocycles. The Balaban J connectivity index is 1.20. The van der Waals surface area contributed by atoms with E-state index in [0.29, 0.717) is 12.3 Å². The average molecular weight is 369 g/mol. The number of fused-ring (bicyclic) bond motifs is 2. The van der Waals surface area contributed by atoms with Crippen molar-refractivity contribution in [1.29, 1.82) is 0 Å². The molecular weight excluding hydrogens is 346 g/mol. The molecule has 8 heteroatoms. The lowest BCUT2D eigenvalue weighted by molar-refractivity contribution is -0.131. The molecule has 1 saturated heterocycles. The Kier molecular flexibility index (Phi) is 4.20. The van der Waals surface area contributed by atoms with E-state index >= 15 is 0 Å². The Bertz CT molecular complexity index is 857. The van der Waals surface area contributed by atoms with Gasteiger partial charge in [-0.15, -0.1) is 10.2 Å². The molecule has 0 aliphatic carbocycles. The summed E-state index contributed by atoms with van der Waals surface area (Å²) in [5.41, 5.74) is 0.963. The molecule has 0 spiro atoms. The number of carbonyl (C=O) groups is 1. The van der Waals surface area contributed by atoms with Crippen LogP contribution in [-0.4, -0.2) is 52.0 Å². The van der Waals surface area contributed by atoms with E-state index in [-0.39, 0.29) is 12.7 Å². The van der Waals surface area contributed by atoms with Crippen LogP contribution in [-0.2, 0) is 24.3 Å². The van der Waals surface area contributed by atoms with E-state index in [0.717, 1.165) is 74.3 Å². The smallest absolute Gasteiger partial charge is 0.231 e. The maximum absolute atomic E-state index is 12.7. The van der Waals surface area contributed by atoms with Gasteiger partial charge >= 0.3 is 0 Å². The third kappa shape index (κ3) is 3.14. The minimum atomic E-state index is 0.166. The van der Waals surface area contributed by atoms with Gasteiger partial charge in [-0.1, -0.05) is 6.07 Å². The molecule has 1 amide bonds. The number of amides is 1. The highest BCUT2D eigenvalue weighted by Crippen LogP contribution is 2.33. The van der Waals surface area contributed by atoms with Crippen LogP contribution in [0.5, 0.6) is 11.5 Å². The summed E-state index contributed by atoms with van der Waals surface area (Å²) in [7, 11) is 0. The monoisotopic (exact) mass is 369 g/mol. The number of nitrogens with zero attached hydrogens (tertiary/aromatic N) is 4. The molecule has 3 aliphatic heterocycles. The number of benzene rings is 1. The molecule has 27 heavy (non-hydrogen) atoms. The number of carbonyl (C=O) groups excluding carboxylic acids is 1. The van der Waals surface area contributed by atoms with Crippen molar-refractivity contribution in [1.82, 2.24) is 25.0 Å². The maximum Gasteiger partial charge on any atom is 0.231 e. The fourth-order valence-corrected chi connectivity index (χ4v) is 4.14. The van der Waals surface area contributed by atoms with Crippen molar-refractivity contribution in [2.24, 2.45) is 0 Å². The zero-order valence-electron chi connectivity index (χ0n) is 15.2. The Morgan fingerprint density at radius 3 is 2.89 bits per heavy atom. The number of nitrogens with one attached hydrogen (secondary N) is 1. The van der Waals surface area contributed by atoms with Gasteiger partial charge in [0.25, 0.3) is 0 Å². The van der Waals surface area contributed by atoms with E-state index in [2.05, 4.69) is 20.1 Å². The first-order chi connectivity index (χ1) is 13.3. The summed E-state index contributed by atoms with van der Waals surface area (Å²) in [6.45, 7) is 4.48. The van der Waals surface area contributed by atoms with Crippen molar-refractivity contribution < 1.29 is 14.3 Å². The summed E-state index contributed by atoms with van der Waals surface area (Å²) in [5.74, 6) is 4.15. The quantitative estimate of drug-likeness (QED) is 0.871. The standard InChI is InChI=1S/C19H23N5O3/c25-18(10-13-1-2-15-16(9-13)27-12-26-15)23-6-3-14(4-7-23)19-22-21-17-11-20-5-8-24(17)19/h1-2,9,14,20H,3-8,10-12H2. The molecule has 5 rings (SSSR count). The first-order valence-corrected chi connectivity index (χ1v) is 9.57. The Morgan fingerprint density at radius 1 is 1.15 bits per heavy atom. The second-order valence-corrected chi connectivity index (χ2v) is 7.32. The van der Waals surface area contributed by atoms with Gasteiger partial charge in [0, 0.05) is 32.1 Å². The van der Waals surface area contributed by atoms with Crippen LogP contribution in [0.1, 0.15) is 36.0 Å². The van der Waals surface area contributed by atoms with Gasteiger partial charge in [-0.3, -0.25) is 4.79 Å². The number of hydrogen-bond acceptors (Lipinski definition) is 6. The number of ether oxygens (including phenoxy) is 2. The molecule has 0 radical (unpaired) electrons. The van der Waals surface area contributed by atoms with Crippen molar-refractivity contribution in [2.45, 2.75) is 38.3 Å². The van der Waals surface area contributed by atoms with Gasteiger partial charge in [-0.25, -0.2) is 0 Å². The summed E-state index contributed by atoms with van der Waals surface area (Å²) in [4.78, 5) is 14.7. The fourth-order valence-electron chi connectivity index (χ4n) is 4.14. The van der Waals surface area contributed by atoms with Crippen LogP contribution in [0, 0.1) is 0 Å². The summed E-state index contributed by atoms with van der Waals surface area (Å²) >= 11 is 0. The number of piperidine rings is 1. The molecule has 1 aromatic heterocycles. The van der Waals surface area contributed by atoms with E-state index in [1.165, 1.54) is 0 Å². The van der Waals surface area contributed by atoms with Gasteiger partial charge in [-0.2, -0.15) is 0 Å².